The van der Waals surface area contributed by atoms with Gasteiger partial charge in [0.15, 0.2) is 6.39 Å². The summed E-state index contributed by atoms with van der Waals surface area (Å²) in [6.07, 6.45) is 3.83. The van der Waals surface area contributed by atoms with Crippen molar-refractivity contribution in [2.75, 3.05) is 31.3 Å². The maximum absolute atomic E-state index is 12.2. The SMILES string of the molecule is COc1ccc(NC2CSC3(C2)CN(C(=O)c2cnco2)C3)cc1. The van der Waals surface area contributed by atoms with Crippen molar-refractivity contribution in [2.24, 2.45) is 0 Å². The van der Waals surface area contributed by atoms with Gasteiger partial charge >= 0.3 is 0 Å². The van der Waals surface area contributed by atoms with E-state index in [2.05, 4.69) is 10.3 Å². The Kier molecular flexibility index (Phi) is 3.88. The molecule has 1 spiro atoms. The van der Waals surface area contributed by atoms with Crippen LogP contribution in [0.1, 0.15) is 17.0 Å². The summed E-state index contributed by atoms with van der Waals surface area (Å²) in [6.45, 7) is 1.55. The van der Waals surface area contributed by atoms with E-state index < -0.39 is 0 Å². The summed E-state index contributed by atoms with van der Waals surface area (Å²) in [5.41, 5.74) is 1.10. The van der Waals surface area contributed by atoms with Gasteiger partial charge in [0.25, 0.3) is 5.91 Å². The molecule has 6 nitrogen and oxygen atoms in total. The lowest BCUT2D eigenvalue weighted by Gasteiger charge is -2.47. The van der Waals surface area contributed by atoms with E-state index in [-0.39, 0.29) is 10.7 Å². The molecule has 2 saturated heterocycles. The topological polar surface area (TPSA) is 67.6 Å². The molecule has 0 bridgehead atoms. The molecule has 1 atom stereocenters. The zero-order valence-corrected chi connectivity index (χ0v) is 14.2. The Morgan fingerprint density at radius 3 is 2.88 bits per heavy atom. The number of likely N-dealkylation sites (tertiary alicyclic amines) is 1. The first kappa shape index (κ1) is 15.4. The van der Waals surface area contributed by atoms with Crippen LogP contribution in [0.5, 0.6) is 5.75 Å². The average Bonchev–Trinajstić information content (AvgIpc) is 3.23. The minimum atomic E-state index is -0.0645. The highest BCUT2D eigenvalue weighted by atomic mass is 32.2. The van der Waals surface area contributed by atoms with Crippen LogP contribution in [0.4, 0.5) is 5.69 Å². The Balaban J connectivity index is 1.31. The van der Waals surface area contributed by atoms with Crippen LogP contribution in [-0.4, -0.2) is 52.5 Å². The number of nitrogens with one attached hydrogen (secondary N) is 1. The second kappa shape index (κ2) is 6.05. The van der Waals surface area contributed by atoms with Gasteiger partial charge in [0, 0.05) is 30.6 Å². The third-order valence-electron chi connectivity index (χ3n) is 4.56. The van der Waals surface area contributed by atoms with Gasteiger partial charge in [-0.25, -0.2) is 4.98 Å². The number of oxazole rings is 1. The molecule has 7 heteroatoms. The van der Waals surface area contributed by atoms with Crippen LogP contribution in [0.15, 0.2) is 41.3 Å². The molecule has 126 valence electrons. The first-order valence-corrected chi connectivity index (χ1v) is 8.88. The molecular formula is C17H19N3O3S. The van der Waals surface area contributed by atoms with Gasteiger partial charge in [0.05, 0.1) is 18.1 Å². The highest BCUT2D eigenvalue weighted by Gasteiger charge is 2.51. The number of carbonyl (C=O) groups is 1. The van der Waals surface area contributed by atoms with E-state index in [0.717, 1.165) is 36.7 Å². The normalized spacial score (nSPS) is 21.5. The van der Waals surface area contributed by atoms with Gasteiger partial charge in [-0.3, -0.25) is 4.79 Å². The largest absolute Gasteiger partial charge is 0.497 e. The molecule has 24 heavy (non-hydrogen) atoms. The van der Waals surface area contributed by atoms with Gasteiger partial charge in [-0.05, 0) is 30.7 Å². The quantitative estimate of drug-likeness (QED) is 0.918. The fourth-order valence-corrected chi connectivity index (χ4v) is 4.92. The summed E-state index contributed by atoms with van der Waals surface area (Å²) in [4.78, 5) is 17.9. The third kappa shape index (κ3) is 2.84. The van der Waals surface area contributed by atoms with Gasteiger partial charge in [0.2, 0.25) is 5.76 Å². The van der Waals surface area contributed by atoms with Crippen LogP contribution in [0.2, 0.25) is 0 Å². The Bertz CT molecular complexity index is 711. The Labute approximate surface area is 144 Å². The summed E-state index contributed by atoms with van der Waals surface area (Å²) < 4.78 is 10.5. The molecule has 2 aliphatic rings. The van der Waals surface area contributed by atoms with Crippen molar-refractivity contribution in [1.29, 1.82) is 0 Å². The van der Waals surface area contributed by atoms with E-state index in [9.17, 15) is 4.79 Å². The van der Waals surface area contributed by atoms with E-state index >= 15 is 0 Å². The van der Waals surface area contributed by atoms with Gasteiger partial charge in [-0.2, -0.15) is 0 Å². The second-order valence-electron chi connectivity index (χ2n) is 6.29. The van der Waals surface area contributed by atoms with Crippen LogP contribution in [0.3, 0.4) is 0 Å². The number of anilines is 1. The smallest absolute Gasteiger partial charge is 0.291 e. The van der Waals surface area contributed by atoms with Gasteiger partial charge in [-0.1, -0.05) is 0 Å². The van der Waals surface area contributed by atoms with E-state index in [1.165, 1.54) is 12.6 Å². The summed E-state index contributed by atoms with van der Waals surface area (Å²) >= 11 is 1.96. The molecule has 1 unspecified atom stereocenters. The zero-order chi connectivity index (χ0) is 16.6. The molecule has 0 radical (unpaired) electrons. The van der Waals surface area contributed by atoms with Crippen LogP contribution in [0.25, 0.3) is 0 Å². The number of ether oxygens (including phenoxy) is 1. The van der Waals surface area contributed by atoms with Crippen molar-refractivity contribution in [1.82, 2.24) is 9.88 Å². The van der Waals surface area contributed by atoms with Crippen molar-refractivity contribution in [3.05, 3.63) is 42.6 Å². The van der Waals surface area contributed by atoms with Crippen LogP contribution in [-0.2, 0) is 0 Å². The first-order valence-electron chi connectivity index (χ1n) is 7.90. The van der Waals surface area contributed by atoms with E-state index in [1.807, 2.05) is 40.9 Å². The summed E-state index contributed by atoms with van der Waals surface area (Å²) in [5.74, 6) is 2.17. The Morgan fingerprint density at radius 1 is 1.42 bits per heavy atom. The number of aromatic nitrogens is 1. The Morgan fingerprint density at radius 2 is 2.21 bits per heavy atom. The monoisotopic (exact) mass is 345 g/mol. The number of nitrogens with zero attached hydrogens (tertiary/aromatic N) is 2. The number of thioether (sulfide) groups is 1. The summed E-state index contributed by atoms with van der Waals surface area (Å²) in [5, 5.41) is 3.58. The van der Waals surface area contributed by atoms with E-state index in [1.54, 1.807) is 7.11 Å². The number of hydrogen-bond donors (Lipinski definition) is 1. The predicted octanol–water partition coefficient (Wildman–Crippen LogP) is 2.50. The number of benzene rings is 1. The molecule has 2 aliphatic heterocycles. The average molecular weight is 345 g/mol. The van der Waals surface area contributed by atoms with Gasteiger partial charge in [0.1, 0.15) is 5.75 Å². The third-order valence-corrected chi connectivity index (χ3v) is 6.16. The predicted molar refractivity (Wildman–Crippen MR) is 92.6 cm³/mol. The van der Waals surface area contributed by atoms with Crippen LogP contribution >= 0.6 is 11.8 Å². The molecule has 4 rings (SSSR count). The van der Waals surface area contributed by atoms with Crippen molar-refractivity contribution < 1.29 is 13.9 Å². The molecule has 0 aliphatic carbocycles. The number of amides is 1. The maximum Gasteiger partial charge on any atom is 0.291 e. The lowest BCUT2D eigenvalue weighted by atomic mass is 9.91. The van der Waals surface area contributed by atoms with E-state index in [0.29, 0.717) is 11.8 Å². The number of carbonyl (C=O) groups excluding carboxylic acids is 1. The van der Waals surface area contributed by atoms with Crippen LogP contribution < -0.4 is 10.1 Å². The standard InChI is InChI=1S/C17H19N3O3S/c1-22-14-4-2-12(3-5-14)19-13-6-17(24-8-13)9-20(10-17)16(21)15-7-18-11-23-15/h2-5,7,11,13,19H,6,8-10H2,1H3. The second-order valence-corrected chi connectivity index (χ2v) is 7.78. The maximum atomic E-state index is 12.2. The molecule has 0 saturated carbocycles. The number of hydrogen-bond acceptors (Lipinski definition) is 6. The number of rotatable bonds is 4. The highest BCUT2D eigenvalue weighted by Crippen LogP contribution is 2.46. The molecule has 1 N–H and O–H groups in total. The molecule has 1 aromatic heterocycles. The first-order chi connectivity index (χ1) is 11.7. The van der Waals surface area contributed by atoms with Crippen molar-refractivity contribution in [2.45, 2.75) is 17.2 Å². The van der Waals surface area contributed by atoms with Crippen molar-refractivity contribution in [3.8, 4) is 5.75 Å². The lowest BCUT2D eigenvalue weighted by molar-refractivity contribution is 0.0525. The van der Waals surface area contributed by atoms with Crippen molar-refractivity contribution >= 4 is 23.4 Å². The van der Waals surface area contributed by atoms with Gasteiger partial charge < -0.3 is 19.4 Å². The molecule has 3 heterocycles. The van der Waals surface area contributed by atoms with Crippen molar-refractivity contribution in [3.63, 3.8) is 0 Å². The van der Waals surface area contributed by atoms with E-state index in [4.69, 9.17) is 9.15 Å². The molecule has 2 fully saturated rings. The molecule has 1 aromatic carbocycles. The summed E-state index contributed by atoms with van der Waals surface area (Å²) in [7, 11) is 1.67. The molecule has 1 amide bonds. The van der Waals surface area contributed by atoms with Crippen LogP contribution in [0, 0.1) is 0 Å². The zero-order valence-electron chi connectivity index (χ0n) is 13.4. The minimum Gasteiger partial charge on any atom is -0.497 e. The Hall–Kier alpha value is -2.15. The number of methoxy groups -OCH3 is 1. The molecular weight excluding hydrogens is 326 g/mol. The fourth-order valence-electron chi connectivity index (χ4n) is 3.35. The fraction of sp³-hybridized carbons (Fsp3) is 0.412. The van der Waals surface area contributed by atoms with Gasteiger partial charge in [-0.15, -0.1) is 11.8 Å². The minimum absolute atomic E-state index is 0.0645. The molecule has 2 aromatic rings. The summed E-state index contributed by atoms with van der Waals surface area (Å²) in [6, 6.07) is 8.41. The lowest BCUT2D eigenvalue weighted by Crippen LogP contribution is -2.60. The highest BCUT2D eigenvalue weighted by molar-refractivity contribution is 8.01.